The van der Waals surface area contributed by atoms with Crippen LogP contribution in [0.4, 0.5) is 0 Å². The number of rotatable bonds is 3. The molecular weight excluding hydrogens is 134 g/mol. The van der Waals surface area contributed by atoms with Crippen molar-refractivity contribution in [1.82, 2.24) is 4.90 Å². The minimum Gasteiger partial charge on any atom is -0.381 e. The predicted molar refractivity (Wildman–Crippen MR) is 51.5 cm³/mol. The summed E-state index contributed by atoms with van der Waals surface area (Å²) >= 11 is 0. The second kappa shape index (κ2) is 4.42. The Hall–Kier alpha value is -0.460. The molecule has 1 nitrogen and oxygen atoms in total. The van der Waals surface area contributed by atoms with Gasteiger partial charge in [0.05, 0.1) is 0 Å². The highest BCUT2D eigenvalue weighted by atomic mass is 15.1. The third-order valence-corrected chi connectivity index (χ3v) is 2.00. The van der Waals surface area contributed by atoms with Gasteiger partial charge in [-0.15, -0.1) is 0 Å². The van der Waals surface area contributed by atoms with Crippen LogP contribution in [0.3, 0.4) is 0 Å². The summed E-state index contributed by atoms with van der Waals surface area (Å²) in [6, 6.07) is 0. The maximum atomic E-state index is 2.24. The van der Waals surface area contributed by atoms with E-state index in [4.69, 9.17) is 0 Å². The van der Waals surface area contributed by atoms with Gasteiger partial charge in [-0.25, -0.2) is 0 Å². The molecule has 1 heteroatoms. The molecule has 0 rings (SSSR count). The Labute approximate surface area is 71.1 Å². The molecule has 0 bridgehead atoms. The summed E-state index contributed by atoms with van der Waals surface area (Å²) < 4.78 is 0. The summed E-state index contributed by atoms with van der Waals surface area (Å²) in [5.74, 6) is 0.643. The summed E-state index contributed by atoms with van der Waals surface area (Å²) in [5, 5.41) is 0. The molecule has 0 N–H and O–H groups in total. The first-order valence-corrected chi connectivity index (χ1v) is 4.37. The van der Waals surface area contributed by atoms with Crippen molar-refractivity contribution in [1.29, 1.82) is 0 Å². The van der Waals surface area contributed by atoms with Crippen LogP contribution in [0.25, 0.3) is 0 Å². The van der Waals surface area contributed by atoms with Gasteiger partial charge in [0.15, 0.2) is 0 Å². The molecule has 0 aromatic rings. The molecule has 0 aromatic heterocycles. The highest BCUT2D eigenvalue weighted by molar-refractivity contribution is 5.11. The van der Waals surface area contributed by atoms with Crippen LogP contribution in [0.2, 0.25) is 0 Å². The SMILES string of the molecule is CC/C(C)=C(/C(C)C)N(C)C. The largest absolute Gasteiger partial charge is 0.381 e. The summed E-state index contributed by atoms with van der Waals surface area (Å²) in [6.07, 6.45) is 1.16. The highest BCUT2D eigenvalue weighted by Crippen LogP contribution is 2.18. The van der Waals surface area contributed by atoms with Gasteiger partial charge in [0, 0.05) is 19.8 Å². The Morgan fingerprint density at radius 3 is 1.82 bits per heavy atom. The zero-order chi connectivity index (χ0) is 9.02. The van der Waals surface area contributed by atoms with Gasteiger partial charge < -0.3 is 4.90 Å². The third kappa shape index (κ3) is 2.96. The summed E-state index contributed by atoms with van der Waals surface area (Å²) in [5.41, 5.74) is 2.98. The van der Waals surface area contributed by atoms with Crippen molar-refractivity contribution in [2.75, 3.05) is 14.1 Å². The molecule has 0 aliphatic rings. The Bertz CT molecular complexity index is 133. The van der Waals surface area contributed by atoms with Gasteiger partial charge in [-0.1, -0.05) is 26.3 Å². The lowest BCUT2D eigenvalue weighted by Crippen LogP contribution is -2.17. The summed E-state index contributed by atoms with van der Waals surface area (Å²) in [4.78, 5) is 2.23. The fourth-order valence-corrected chi connectivity index (χ4v) is 1.57. The zero-order valence-electron chi connectivity index (χ0n) is 8.73. The summed E-state index contributed by atoms with van der Waals surface area (Å²) in [7, 11) is 4.24. The third-order valence-electron chi connectivity index (χ3n) is 2.00. The maximum Gasteiger partial charge on any atom is 0.0142 e. The van der Waals surface area contributed by atoms with E-state index in [-0.39, 0.29) is 0 Å². The molecule has 0 saturated heterocycles. The van der Waals surface area contributed by atoms with Gasteiger partial charge in [-0.2, -0.15) is 0 Å². The van der Waals surface area contributed by atoms with Gasteiger partial charge in [-0.3, -0.25) is 0 Å². The molecule has 0 aromatic carbocycles. The van der Waals surface area contributed by atoms with Gasteiger partial charge in [-0.05, 0) is 19.3 Å². The first-order valence-electron chi connectivity index (χ1n) is 4.37. The number of allylic oxidation sites excluding steroid dienone is 2. The number of hydrogen-bond acceptors (Lipinski definition) is 1. The molecular formula is C10H21N. The van der Waals surface area contributed by atoms with E-state index in [9.17, 15) is 0 Å². The smallest absolute Gasteiger partial charge is 0.0142 e. The molecule has 0 aliphatic carbocycles. The Balaban J connectivity index is 4.58. The van der Waals surface area contributed by atoms with Crippen LogP contribution in [0.1, 0.15) is 34.1 Å². The lowest BCUT2D eigenvalue weighted by molar-refractivity contribution is 0.437. The van der Waals surface area contributed by atoms with Gasteiger partial charge in [0.25, 0.3) is 0 Å². The topological polar surface area (TPSA) is 3.24 Å². The van der Waals surface area contributed by atoms with Crippen molar-refractivity contribution in [3.63, 3.8) is 0 Å². The lowest BCUT2D eigenvalue weighted by Gasteiger charge is -2.23. The Kier molecular flexibility index (Phi) is 4.24. The second-order valence-electron chi connectivity index (χ2n) is 3.57. The van der Waals surface area contributed by atoms with E-state index in [1.807, 2.05) is 0 Å². The normalized spacial score (nSPS) is 13.4. The summed E-state index contributed by atoms with van der Waals surface area (Å²) in [6.45, 7) is 8.92. The molecule has 0 spiro atoms. The van der Waals surface area contributed by atoms with Crippen LogP contribution < -0.4 is 0 Å². The van der Waals surface area contributed by atoms with Crippen molar-refractivity contribution >= 4 is 0 Å². The monoisotopic (exact) mass is 155 g/mol. The molecule has 66 valence electrons. The molecule has 0 atom stereocenters. The number of nitrogens with zero attached hydrogens (tertiary/aromatic N) is 1. The van der Waals surface area contributed by atoms with Gasteiger partial charge >= 0.3 is 0 Å². The van der Waals surface area contributed by atoms with Crippen molar-refractivity contribution in [3.8, 4) is 0 Å². The van der Waals surface area contributed by atoms with Crippen LogP contribution in [0, 0.1) is 5.92 Å². The van der Waals surface area contributed by atoms with Crippen molar-refractivity contribution < 1.29 is 0 Å². The zero-order valence-corrected chi connectivity index (χ0v) is 8.73. The molecule has 0 heterocycles. The molecule has 0 saturated carbocycles. The molecule has 0 fully saturated rings. The molecule has 0 amide bonds. The first kappa shape index (κ1) is 10.5. The van der Waals surface area contributed by atoms with E-state index in [2.05, 4.69) is 46.7 Å². The average Bonchev–Trinajstić information content (AvgIpc) is 1.85. The molecule has 11 heavy (non-hydrogen) atoms. The van der Waals surface area contributed by atoms with Crippen LogP contribution in [0.5, 0.6) is 0 Å². The molecule has 0 aliphatic heterocycles. The van der Waals surface area contributed by atoms with E-state index >= 15 is 0 Å². The Morgan fingerprint density at radius 2 is 1.73 bits per heavy atom. The number of hydrogen-bond donors (Lipinski definition) is 0. The van der Waals surface area contributed by atoms with Crippen molar-refractivity contribution in [3.05, 3.63) is 11.3 Å². The highest BCUT2D eigenvalue weighted by Gasteiger charge is 2.07. The van der Waals surface area contributed by atoms with Gasteiger partial charge in [0.2, 0.25) is 0 Å². The Morgan fingerprint density at radius 1 is 1.27 bits per heavy atom. The first-order chi connectivity index (χ1) is 5.00. The fourth-order valence-electron chi connectivity index (χ4n) is 1.57. The van der Waals surface area contributed by atoms with Crippen LogP contribution >= 0.6 is 0 Å². The second-order valence-corrected chi connectivity index (χ2v) is 3.57. The minimum absolute atomic E-state index is 0.643. The van der Waals surface area contributed by atoms with E-state index in [0.29, 0.717) is 5.92 Å². The van der Waals surface area contributed by atoms with Crippen LogP contribution in [-0.4, -0.2) is 19.0 Å². The average molecular weight is 155 g/mol. The van der Waals surface area contributed by atoms with Crippen molar-refractivity contribution in [2.24, 2.45) is 5.92 Å². The lowest BCUT2D eigenvalue weighted by atomic mass is 10.0. The van der Waals surface area contributed by atoms with Gasteiger partial charge in [0.1, 0.15) is 0 Å². The fraction of sp³-hybridized carbons (Fsp3) is 0.800. The van der Waals surface area contributed by atoms with E-state index < -0.39 is 0 Å². The van der Waals surface area contributed by atoms with Crippen molar-refractivity contribution in [2.45, 2.75) is 34.1 Å². The van der Waals surface area contributed by atoms with E-state index in [0.717, 1.165) is 6.42 Å². The standard InChI is InChI=1S/C10H21N/c1-7-9(4)10(8(2)3)11(5)6/h8H,7H2,1-6H3/b10-9-. The maximum absolute atomic E-state index is 2.24. The predicted octanol–water partition coefficient (Wildman–Crippen LogP) is 2.89. The molecule has 0 radical (unpaired) electrons. The van der Waals surface area contributed by atoms with E-state index in [1.54, 1.807) is 0 Å². The van der Waals surface area contributed by atoms with E-state index in [1.165, 1.54) is 11.3 Å². The minimum atomic E-state index is 0.643. The van der Waals surface area contributed by atoms with Crippen LogP contribution in [-0.2, 0) is 0 Å². The quantitative estimate of drug-likeness (QED) is 0.605. The van der Waals surface area contributed by atoms with Crippen LogP contribution in [0.15, 0.2) is 11.3 Å². The molecule has 0 unspecified atom stereocenters.